The van der Waals surface area contributed by atoms with Gasteiger partial charge in [0.25, 0.3) is 0 Å². The molecule has 2 aliphatic carbocycles. The van der Waals surface area contributed by atoms with Crippen LogP contribution in [0.3, 0.4) is 0 Å². The van der Waals surface area contributed by atoms with Gasteiger partial charge in [-0.05, 0) is 24.0 Å². The number of hydrogen-bond acceptors (Lipinski definition) is 2. The van der Waals surface area contributed by atoms with Crippen LogP contribution in [0.25, 0.3) is 0 Å². The lowest BCUT2D eigenvalue weighted by Gasteiger charge is -2.27. The zero-order chi connectivity index (χ0) is 20.3. The topological polar surface area (TPSA) is 52.0 Å². The summed E-state index contributed by atoms with van der Waals surface area (Å²) in [5.74, 6) is 0. The van der Waals surface area contributed by atoms with Crippen LogP contribution in [0.1, 0.15) is 90.9 Å². The lowest BCUT2D eigenvalue weighted by molar-refractivity contribution is 0.520. The van der Waals surface area contributed by atoms with E-state index in [-0.39, 0.29) is 11.1 Å². The predicted octanol–water partition coefficient (Wildman–Crippen LogP) is 6.65. The SMILES string of the molecule is CCCCCCCC1(N)C=CC(=C2C=CC(N)(CCCCCCC)C=C2)C=C1. The van der Waals surface area contributed by atoms with Gasteiger partial charge in [-0.3, -0.25) is 0 Å². The molecular weight excluding hydrogens is 340 g/mol. The van der Waals surface area contributed by atoms with Crippen molar-refractivity contribution in [3.63, 3.8) is 0 Å². The molecule has 0 atom stereocenters. The van der Waals surface area contributed by atoms with Gasteiger partial charge in [-0.1, -0.05) is 127 Å². The Kier molecular flexibility index (Phi) is 9.47. The summed E-state index contributed by atoms with van der Waals surface area (Å²) in [4.78, 5) is 0. The van der Waals surface area contributed by atoms with Crippen LogP contribution in [0.15, 0.2) is 59.8 Å². The fraction of sp³-hybridized carbons (Fsp3) is 0.615. The minimum atomic E-state index is -0.283. The Bertz CT molecular complexity index is 532. The molecule has 2 nitrogen and oxygen atoms in total. The minimum absolute atomic E-state index is 0.283. The molecule has 0 unspecified atom stereocenters. The van der Waals surface area contributed by atoms with Crippen molar-refractivity contribution in [1.82, 2.24) is 0 Å². The summed E-state index contributed by atoms with van der Waals surface area (Å²) in [6.07, 6.45) is 32.4. The second-order valence-electron chi connectivity index (χ2n) is 8.80. The molecule has 0 saturated carbocycles. The molecule has 0 heterocycles. The fourth-order valence-corrected chi connectivity index (χ4v) is 3.99. The second kappa shape index (κ2) is 11.6. The van der Waals surface area contributed by atoms with Crippen molar-refractivity contribution >= 4 is 0 Å². The minimum Gasteiger partial charge on any atom is -0.319 e. The van der Waals surface area contributed by atoms with E-state index < -0.39 is 0 Å². The van der Waals surface area contributed by atoms with Crippen LogP contribution in [0.2, 0.25) is 0 Å². The van der Waals surface area contributed by atoms with Crippen molar-refractivity contribution < 1.29 is 0 Å². The smallest absolute Gasteiger partial charge is 0.0531 e. The van der Waals surface area contributed by atoms with Crippen LogP contribution in [-0.2, 0) is 0 Å². The Hall–Kier alpha value is -1.38. The molecule has 0 fully saturated rings. The van der Waals surface area contributed by atoms with Crippen molar-refractivity contribution in [3.05, 3.63) is 59.8 Å². The van der Waals surface area contributed by atoms with E-state index in [9.17, 15) is 0 Å². The summed E-state index contributed by atoms with van der Waals surface area (Å²) in [5.41, 5.74) is 15.0. The van der Waals surface area contributed by atoms with E-state index in [0.717, 1.165) is 12.8 Å². The van der Waals surface area contributed by atoms with Gasteiger partial charge in [-0.2, -0.15) is 0 Å². The largest absolute Gasteiger partial charge is 0.319 e. The first-order valence-corrected chi connectivity index (χ1v) is 11.6. The van der Waals surface area contributed by atoms with E-state index in [2.05, 4.69) is 62.5 Å². The zero-order valence-electron chi connectivity index (χ0n) is 18.3. The third kappa shape index (κ3) is 7.56. The lowest BCUT2D eigenvalue weighted by Crippen LogP contribution is -2.36. The Morgan fingerprint density at radius 3 is 1.18 bits per heavy atom. The zero-order valence-corrected chi connectivity index (χ0v) is 18.3. The molecule has 0 bridgehead atoms. The van der Waals surface area contributed by atoms with Crippen LogP contribution in [0.4, 0.5) is 0 Å². The van der Waals surface area contributed by atoms with Gasteiger partial charge < -0.3 is 11.5 Å². The summed E-state index contributed by atoms with van der Waals surface area (Å²) in [5, 5.41) is 0. The van der Waals surface area contributed by atoms with Crippen molar-refractivity contribution in [2.24, 2.45) is 11.5 Å². The first-order valence-electron chi connectivity index (χ1n) is 11.6. The van der Waals surface area contributed by atoms with E-state index >= 15 is 0 Å². The normalized spacial score (nSPS) is 26.4. The van der Waals surface area contributed by atoms with Crippen molar-refractivity contribution in [2.45, 2.75) is 102 Å². The lowest BCUT2D eigenvalue weighted by atomic mass is 9.84. The Labute approximate surface area is 173 Å². The Morgan fingerprint density at radius 2 is 0.857 bits per heavy atom. The standard InChI is InChI=1S/C26H42N2/c1-3-5-7-9-11-17-25(27)19-13-23(14-20-25)24-15-21-26(28,22-16-24)18-12-10-8-6-4-2/h13-16,19-22H,3-12,17-18,27-28H2,1-2H3. The van der Waals surface area contributed by atoms with Crippen LogP contribution in [-0.4, -0.2) is 11.1 Å². The molecule has 0 aromatic rings. The molecule has 2 rings (SSSR count). The Morgan fingerprint density at radius 1 is 0.536 bits per heavy atom. The summed E-state index contributed by atoms with van der Waals surface area (Å²) >= 11 is 0. The predicted molar refractivity (Wildman–Crippen MR) is 124 cm³/mol. The summed E-state index contributed by atoms with van der Waals surface area (Å²) in [6, 6.07) is 0. The van der Waals surface area contributed by atoms with Crippen LogP contribution in [0, 0.1) is 0 Å². The van der Waals surface area contributed by atoms with E-state index in [1.165, 1.54) is 75.4 Å². The maximum Gasteiger partial charge on any atom is 0.0531 e. The molecule has 4 N–H and O–H groups in total. The first kappa shape index (κ1) is 22.9. The molecule has 2 heteroatoms. The molecule has 0 amide bonds. The van der Waals surface area contributed by atoms with Gasteiger partial charge in [0.05, 0.1) is 11.1 Å². The molecule has 0 aromatic heterocycles. The Balaban J connectivity index is 1.84. The number of rotatable bonds is 12. The molecule has 0 aromatic carbocycles. The quantitative estimate of drug-likeness (QED) is 0.371. The molecule has 0 aliphatic heterocycles. The maximum atomic E-state index is 6.55. The van der Waals surface area contributed by atoms with Crippen molar-refractivity contribution in [2.75, 3.05) is 0 Å². The van der Waals surface area contributed by atoms with E-state index in [1.54, 1.807) is 0 Å². The average Bonchev–Trinajstić information content (AvgIpc) is 2.69. The number of allylic oxidation sites excluding steroid dienone is 6. The third-order valence-electron chi connectivity index (χ3n) is 6.05. The number of nitrogens with two attached hydrogens (primary N) is 2. The molecule has 0 spiro atoms. The van der Waals surface area contributed by atoms with Crippen molar-refractivity contribution in [1.29, 1.82) is 0 Å². The molecular formula is C26H42N2. The molecule has 156 valence electrons. The first-order chi connectivity index (χ1) is 13.5. The number of hydrogen-bond donors (Lipinski definition) is 2. The highest BCUT2D eigenvalue weighted by Crippen LogP contribution is 2.28. The van der Waals surface area contributed by atoms with Crippen molar-refractivity contribution in [3.8, 4) is 0 Å². The number of unbranched alkanes of at least 4 members (excludes halogenated alkanes) is 8. The van der Waals surface area contributed by atoms with E-state index in [1.807, 2.05) is 0 Å². The van der Waals surface area contributed by atoms with Crippen LogP contribution >= 0.6 is 0 Å². The van der Waals surface area contributed by atoms with Crippen LogP contribution < -0.4 is 11.5 Å². The highest BCUT2D eigenvalue weighted by atomic mass is 14.7. The molecule has 28 heavy (non-hydrogen) atoms. The highest BCUT2D eigenvalue weighted by Gasteiger charge is 2.22. The van der Waals surface area contributed by atoms with Crippen LogP contribution in [0.5, 0.6) is 0 Å². The maximum absolute atomic E-state index is 6.55. The third-order valence-corrected chi connectivity index (χ3v) is 6.05. The summed E-state index contributed by atoms with van der Waals surface area (Å²) in [7, 11) is 0. The van der Waals surface area contributed by atoms with Gasteiger partial charge in [0.1, 0.15) is 0 Å². The average molecular weight is 383 g/mol. The van der Waals surface area contributed by atoms with Gasteiger partial charge >= 0.3 is 0 Å². The highest BCUT2D eigenvalue weighted by molar-refractivity contribution is 5.53. The van der Waals surface area contributed by atoms with Gasteiger partial charge in [0, 0.05) is 0 Å². The van der Waals surface area contributed by atoms with Gasteiger partial charge in [0.2, 0.25) is 0 Å². The van der Waals surface area contributed by atoms with Gasteiger partial charge in [-0.25, -0.2) is 0 Å². The van der Waals surface area contributed by atoms with Gasteiger partial charge in [0.15, 0.2) is 0 Å². The molecule has 0 radical (unpaired) electrons. The molecule has 2 aliphatic rings. The summed E-state index contributed by atoms with van der Waals surface area (Å²) in [6.45, 7) is 4.51. The monoisotopic (exact) mass is 382 g/mol. The second-order valence-corrected chi connectivity index (χ2v) is 8.80. The van der Waals surface area contributed by atoms with E-state index in [0.29, 0.717) is 0 Å². The van der Waals surface area contributed by atoms with Gasteiger partial charge in [-0.15, -0.1) is 0 Å². The summed E-state index contributed by atoms with van der Waals surface area (Å²) < 4.78 is 0. The molecule has 0 saturated heterocycles. The van der Waals surface area contributed by atoms with E-state index in [4.69, 9.17) is 11.5 Å². The fourth-order valence-electron chi connectivity index (χ4n) is 3.99.